The number of aromatic nitrogens is 2. The van der Waals surface area contributed by atoms with Crippen LogP contribution in [0.3, 0.4) is 0 Å². The van der Waals surface area contributed by atoms with Crippen LogP contribution in [0, 0.1) is 0 Å². The molecular formula is C18H21ClN4O3. The highest BCUT2D eigenvalue weighted by Crippen LogP contribution is 2.25. The van der Waals surface area contributed by atoms with Crippen LogP contribution in [0.15, 0.2) is 36.5 Å². The van der Waals surface area contributed by atoms with Gasteiger partial charge in [-0.2, -0.15) is 0 Å². The fraction of sp³-hybridized carbons (Fsp3) is 0.389. The maximum absolute atomic E-state index is 12.6. The Labute approximate surface area is 157 Å². The van der Waals surface area contributed by atoms with Gasteiger partial charge in [-0.25, -0.2) is 4.68 Å². The first-order valence-corrected chi connectivity index (χ1v) is 8.85. The van der Waals surface area contributed by atoms with Gasteiger partial charge in [-0.05, 0) is 19.1 Å². The van der Waals surface area contributed by atoms with Crippen molar-refractivity contribution in [1.82, 2.24) is 19.6 Å². The van der Waals surface area contributed by atoms with Crippen molar-refractivity contribution < 1.29 is 14.3 Å². The van der Waals surface area contributed by atoms with Gasteiger partial charge in [0.05, 0.1) is 11.9 Å². The third-order valence-electron chi connectivity index (χ3n) is 4.33. The maximum atomic E-state index is 12.6. The molecule has 7 nitrogen and oxygen atoms in total. The van der Waals surface area contributed by atoms with Gasteiger partial charge < -0.3 is 14.5 Å². The molecule has 138 valence electrons. The van der Waals surface area contributed by atoms with Crippen LogP contribution in [0.2, 0.25) is 5.02 Å². The molecule has 1 aromatic carbocycles. The Kier molecular flexibility index (Phi) is 5.46. The van der Waals surface area contributed by atoms with Gasteiger partial charge in [0, 0.05) is 33.1 Å². The molecule has 0 spiro atoms. The van der Waals surface area contributed by atoms with E-state index in [1.807, 2.05) is 30.3 Å². The van der Waals surface area contributed by atoms with Gasteiger partial charge in [-0.1, -0.05) is 29.8 Å². The number of hydrogen-bond acceptors (Lipinski definition) is 4. The molecule has 0 N–H and O–H groups in total. The molecule has 26 heavy (non-hydrogen) atoms. The van der Waals surface area contributed by atoms with Crippen molar-refractivity contribution in [3.63, 3.8) is 0 Å². The molecule has 3 rings (SSSR count). The van der Waals surface area contributed by atoms with E-state index in [2.05, 4.69) is 5.10 Å². The van der Waals surface area contributed by atoms with Gasteiger partial charge in [0.1, 0.15) is 5.02 Å². The first kappa shape index (κ1) is 18.3. The molecule has 1 saturated heterocycles. The van der Waals surface area contributed by atoms with E-state index in [1.165, 1.54) is 6.92 Å². The van der Waals surface area contributed by atoms with E-state index in [0.717, 1.165) is 5.69 Å². The summed E-state index contributed by atoms with van der Waals surface area (Å²) < 4.78 is 7.31. The fourth-order valence-electron chi connectivity index (χ4n) is 2.85. The van der Waals surface area contributed by atoms with Crippen LogP contribution >= 0.6 is 11.6 Å². The van der Waals surface area contributed by atoms with Crippen molar-refractivity contribution in [3.8, 4) is 11.6 Å². The van der Waals surface area contributed by atoms with Gasteiger partial charge in [0.15, 0.2) is 6.10 Å². The zero-order valence-electron chi connectivity index (χ0n) is 14.8. The summed E-state index contributed by atoms with van der Waals surface area (Å²) in [7, 11) is 0. The Morgan fingerprint density at radius 1 is 1.12 bits per heavy atom. The summed E-state index contributed by atoms with van der Waals surface area (Å²) in [5.41, 5.74) is 0.851. The number of para-hydroxylation sites is 1. The van der Waals surface area contributed by atoms with Crippen molar-refractivity contribution in [3.05, 3.63) is 41.6 Å². The van der Waals surface area contributed by atoms with Crippen molar-refractivity contribution in [1.29, 1.82) is 0 Å². The number of halogens is 1. The number of nitrogens with zero attached hydrogens (tertiary/aromatic N) is 4. The highest BCUT2D eigenvalue weighted by atomic mass is 35.5. The smallest absolute Gasteiger partial charge is 0.263 e. The summed E-state index contributed by atoms with van der Waals surface area (Å²) in [4.78, 5) is 27.4. The van der Waals surface area contributed by atoms with Crippen molar-refractivity contribution >= 4 is 23.4 Å². The van der Waals surface area contributed by atoms with Crippen LogP contribution in [-0.4, -0.2) is 63.7 Å². The SMILES string of the molecule is CC(=O)N1CCN(C(=O)C(C)Oc2nn(-c3ccccc3)cc2Cl)CC1. The van der Waals surface area contributed by atoms with E-state index in [4.69, 9.17) is 16.3 Å². The molecule has 1 aliphatic rings. The van der Waals surface area contributed by atoms with Crippen LogP contribution in [0.5, 0.6) is 5.88 Å². The molecule has 1 atom stereocenters. The summed E-state index contributed by atoms with van der Waals surface area (Å²) in [5.74, 6) is 0.108. The minimum absolute atomic E-state index is 0.0274. The Morgan fingerprint density at radius 3 is 2.35 bits per heavy atom. The van der Waals surface area contributed by atoms with Gasteiger partial charge in [-0.15, -0.1) is 5.10 Å². The predicted octanol–water partition coefficient (Wildman–Crippen LogP) is 1.98. The molecule has 0 saturated carbocycles. The van der Waals surface area contributed by atoms with Crippen molar-refractivity contribution in [2.45, 2.75) is 20.0 Å². The Bertz CT molecular complexity index is 785. The first-order chi connectivity index (χ1) is 12.5. The van der Waals surface area contributed by atoms with Crippen LogP contribution < -0.4 is 4.74 Å². The van der Waals surface area contributed by atoms with Gasteiger partial charge in [0.2, 0.25) is 5.91 Å². The number of carbonyl (C=O) groups excluding carboxylic acids is 2. The fourth-order valence-corrected chi connectivity index (χ4v) is 3.02. The molecule has 8 heteroatoms. The average molecular weight is 377 g/mol. The highest BCUT2D eigenvalue weighted by molar-refractivity contribution is 6.31. The molecule has 0 aliphatic carbocycles. The molecule has 2 aromatic rings. The molecule has 2 heterocycles. The number of rotatable bonds is 4. The Morgan fingerprint density at radius 2 is 1.73 bits per heavy atom. The minimum Gasteiger partial charge on any atom is -0.462 e. The summed E-state index contributed by atoms with van der Waals surface area (Å²) in [5, 5.41) is 4.66. The van der Waals surface area contributed by atoms with Crippen LogP contribution in [0.25, 0.3) is 5.69 Å². The normalized spacial score (nSPS) is 15.7. The number of benzene rings is 1. The minimum atomic E-state index is -0.712. The topological polar surface area (TPSA) is 67.7 Å². The van der Waals surface area contributed by atoms with Crippen molar-refractivity contribution in [2.24, 2.45) is 0 Å². The predicted molar refractivity (Wildman–Crippen MR) is 97.5 cm³/mol. The third-order valence-corrected chi connectivity index (χ3v) is 4.59. The Balaban J connectivity index is 1.63. The molecule has 1 aromatic heterocycles. The summed E-state index contributed by atoms with van der Waals surface area (Å²) >= 11 is 6.21. The average Bonchev–Trinajstić information content (AvgIpc) is 3.02. The Hall–Kier alpha value is -2.54. The van der Waals surface area contributed by atoms with E-state index in [1.54, 1.807) is 27.6 Å². The third kappa shape index (κ3) is 3.99. The van der Waals surface area contributed by atoms with E-state index < -0.39 is 6.10 Å². The van der Waals surface area contributed by atoms with Gasteiger partial charge in [-0.3, -0.25) is 9.59 Å². The number of ether oxygens (including phenoxy) is 1. The molecule has 1 fully saturated rings. The second kappa shape index (κ2) is 7.78. The monoisotopic (exact) mass is 376 g/mol. The van der Waals surface area contributed by atoms with Gasteiger partial charge in [0.25, 0.3) is 11.8 Å². The summed E-state index contributed by atoms with van der Waals surface area (Å²) in [6.45, 7) is 5.29. The lowest BCUT2D eigenvalue weighted by Crippen LogP contribution is -2.52. The molecule has 2 amide bonds. The van der Waals surface area contributed by atoms with Crippen LogP contribution in [0.4, 0.5) is 0 Å². The first-order valence-electron chi connectivity index (χ1n) is 8.47. The van der Waals surface area contributed by atoms with Crippen molar-refractivity contribution in [2.75, 3.05) is 26.2 Å². The number of piperazine rings is 1. The number of amides is 2. The van der Waals surface area contributed by atoms with E-state index in [9.17, 15) is 9.59 Å². The largest absolute Gasteiger partial charge is 0.462 e. The molecule has 0 bridgehead atoms. The quantitative estimate of drug-likeness (QED) is 0.818. The maximum Gasteiger partial charge on any atom is 0.263 e. The van der Waals surface area contributed by atoms with Crippen LogP contribution in [0.1, 0.15) is 13.8 Å². The molecule has 0 radical (unpaired) electrons. The van der Waals surface area contributed by atoms with Gasteiger partial charge >= 0.3 is 0 Å². The lowest BCUT2D eigenvalue weighted by molar-refractivity contribution is -0.143. The highest BCUT2D eigenvalue weighted by Gasteiger charge is 2.27. The standard InChI is InChI=1S/C18H21ClN4O3/c1-13(18(25)22-10-8-21(9-11-22)14(2)24)26-17-16(19)12-23(20-17)15-6-4-3-5-7-15/h3-7,12-13H,8-11H2,1-2H3. The lowest BCUT2D eigenvalue weighted by Gasteiger charge is -2.35. The lowest BCUT2D eigenvalue weighted by atomic mass is 10.2. The summed E-state index contributed by atoms with van der Waals surface area (Å²) in [6, 6.07) is 9.52. The number of hydrogen-bond donors (Lipinski definition) is 0. The number of carbonyl (C=O) groups is 2. The van der Waals surface area contributed by atoms with E-state index in [0.29, 0.717) is 31.2 Å². The molecule has 1 aliphatic heterocycles. The van der Waals surface area contributed by atoms with E-state index >= 15 is 0 Å². The van der Waals surface area contributed by atoms with E-state index in [-0.39, 0.29) is 17.7 Å². The second-order valence-electron chi connectivity index (χ2n) is 6.15. The molecule has 1 unspecified atom stereocenters. The van der Waals surface area contributed by atoms with Crippen LogP contribution in [-0.2, 0) is 9.59 Å². The molecular weight excluding hydrogens is 356 g/mol. The summed E-state index contributed by atoms with van der Waals surface area (Å²) in [6.07, 6.45) is 0.935. The zero-order chi connectivity index (χ0) is 18.7. The second-order valence-corrected chi connectivity index (χ2v) is 6.56. The zero-order valence-corrected chi connectivity index (χ0v) is 15.5.